The van der Waals surface area contributed by atoms with E-state index in [0.29, 0.717) is 0 Å². The topological polar surface area (TPSA) is 94.9 Å². The van der Waals surface area contributed by atoms with E-state index in [4.69, 9.17) is 54.4 Å². The van der Waals surface area contributed by atoms with Crippen LogP contribution in [0.25, 0.3) is 0 Å². The van der Waals surface area contributed by atoms with Gasteiger partial charge in [-0.1, -0.05) is 48.7 Å². The summed E-state index contributed by atoms with van der Waals surface area (Å²) in [5.74, 6) is -2.55. The lowest BCUT2D eigenvalue weighted by atomic mass is 9.83. The summed E-state index contributed by atoms with van der Waals surface area (Å²) in [5.41, 5.74) is 0. The predicted octanol–water partition coefficient (Wildman–Crippen LogP) is 2.45. The van der Waals surface area contributed by atoms with E-state index in [1.807, 2.05) is 0 Å². The Morgan fingerprint density at radius 3 is 2.13 bits per heavy atom. The molecule has 1 saturated heterocycles. The van der Waals surface area contributed by atoms with Crippen molar-refractivity contribution < 1.29 is 28.5 Å². The second kappa shape index (κ2) is 7.88. The predicted molar refractivity (Wildman–Crippen MR) is 83.7 cm³/mol. The van der Waals surface area contributed by atoms with Gasteiger partial charge in [-0.15, -0.1) is 0 Å². The Kier molecular flexibility index (Phi) is 6.95. The molecule has 0 aliphatic carbocycles. The molecule has 1 N–H and O–H groups in total. The van der Waals surface area contributed by atoms with E-state index in [0.717, 1.165) is 0 Å². The maximum atomic E-state index is 11.8. The van der Waals surface area contributed by atoms with Gasteiger partial charge >= 0.3 is 11.9 Å². The smallest absolute Gasteiger partial charge is 0.335 e. The van der Waals surface area contributed by atoms with Gasteiger partial charge in [0.05, 0.1) is 7.11 Å². The highest BCUT2D eigenvalue weighted by Gasteiger charge is 2.49. The molecule has 1 aliphatic rings. The first kappa shape index (κ1) is 20.3. The maximum Gasteiger partial charge on any atom is 0.335 e. The van der Waals surface area contributed by atoms with Gasteiger partial charge in [-0.2, -0.15) is 0 Å². The SMILES string of the molecule is COC(=O)C1OC(OC(=N)C(Cl)(Cl)Cl)C(OC(C)=O)[C@@H](C)[C@H]1C. The minimum Gasteiger partial charge on any atom is -0.467 e. The molecule has 0 amide bonds. The van der Waals surface area contributed by atoms with Gasteiger partial charge in [0, 0.05) is 12.8 Å². The van der Waals surface area contributed by atoms with Crippen LogP contribution in [-0.2, 0) is 28.5 Å². The highest BCUT2D eigenvalue weighted by atomic mass is 35.6. The summed E-state index contributed by atoms with van der Waals surface area (Å²) in [6.07, 6.45) is -3.12. The van der Waals surface area contributed by atoms with E-state index in [1.165, 1.54) is 14.0 Å². The fourth-order valence-corrected chi connectivity index (χ4v) is 2.32. The monoisotopic (exact) mass is 389 g/mol. The largest absolute Gasteiger partial charge is 0.467 e. The molecule has 1 heterocycles. The van der Waals surface area contributed by atoms with Crippen molar-refractivity contribution in [3.63, 3.8) is 0 Å². The molecular weight excluding hydrogens is 373 g/mol. The number of carbonyl (C=O) groups is 2. The molecular formula is C13H18Cl3NO6. The number of ether oxygens (including phenoxy) is 4. The molecule has 0 aromatic rings. The summed E-state index contributed by atoms with van der Waals surface area (Å²) in [5, 5.41) is 7.63. The lowest BCUT2D eigenvalue weighted by Crippen LogP contribution is -2.55. The van der Waals surface area contributed by atoms with Crippen LogP contribution in [0.1, 0.15) is 20.8 Å². The molecule has 3 unspecified atom stereocenters. The molecule has 132 valence electrons. The van der Waals surface area contributed by atoms with Crippen LogP contribution in [0.4, 0.5) is 0 Å². The molecule has 23 heavy (non-hydrogen) atoms. The van der Waals surface area contributed by atoms with Gasteiger partial charge in [0.2, 0.25) is 12.2 Å². The molecule has 1 fully saturated rings. The van der Waals surface area contributed by atoms with Gasteiger partial charge < -0.3 is 18.9 Å². The van der Waals surface area contributed by atoms with Gasteiger partial charge in [-0.3, -0.25) is 10.2 Å². The second-order valence-corrected chi connectivity index (χ2v) is 7.47. The third kappa shape index (κ3) is 5.11. The molecule has 0 aromatic heterocycles. The number of esters is 2. The van der Waals surface area contributed by atoms with Crippen molar-refractivity contribution >= 4 is 52.6 Å². The van der Waals surface area contributed by atoms with Crippen LogP contribution in [-0.4, -0.2) is 47.2 Å². The number of methoxy groups -OCH3 is 1. The van der Waals surface area contributed by atoms with Crippen LogP contribution in [0.5, 0.6) is 0 Å². The number of hydrogen-bond acceptors (Lipinski definition) is 7. The third-order valence-electron chi connectivity index (χ3n) is 3.60. The zero-order valence-electron chi connectivity index (χ0n) is 13.0. The first-order valence-corrected chi connectivity index (χ1v) is 7.85. The van der Waals surface area contributed by atoms with Crippen molar-refractivity contribution in [2.24, 2.45) is 11.8 Å². The minimum atomic E-state index is -2.11. The van der Waals surface area contributed by atoms with Gasteiger partial charge in [-0.05, 0) is 5.92 Å². The van der Waals surface area contributed by atoms with Gasteiger partial charge in [0.25, 0.3) is 3.79 Å². The Labute approximate surface area is 148 Å². The van der Waals surface area contributed by atoms with Gasteiger partial charge in [-0.25, -0.2) is 4.79 Å². The Hall–Kier alpha value is -0.760. The van der Waals surface area contributed by atoms with Crippen LogP contribution in [0.15, 0.2) is 0 Å². The standard InChI is InChI=1S/C13H18Cl3NO6/c1-5-6(2)9(21-7(3)18)11(22-8(5)10(19)20-4)23-12(17)13(14,15)16/h5-6,8-9,11,17H,1-4H3/t5-,6+,8?,9?,11?/m1/s1. The van der Waals surface area contributed by atoms with Crippen LogP contribution < -0.4 is 0 Å². The Balaban J connectivity index is 3.05. The first-order valence-electron chi connectivity index (χ1n) is 6.72. The molecule has 0 saturated carbocycles. The number of halogens is 3. The summed E-state index contributed by atoms with van der Waals surface area (Å²) >= 11 is 16.7. The molecule has 1 aliphatic heterocycles. The Morgan fingerprint density at radius 2 is 1.70 bits per heavy atom. The quantitative estimate of drug-likeness (QED) is 0.344. The summed E-state index contributed by atoms with van der Waals surface area (Å²) in [6.45, 7) is 4.73. The molecule has 5 atom stereocenters. The first-order chi connectivity index (χ1) is 10.5. The lowest BCUT2D eigenvalue weighted by Gasteiger charge is -2.42. The minimum absolute atomic E-state index is 0.325. The number of carbonyl (C=O) groups excluding carboxylic acids is 2. The molecule has 1 rings (SSSR count). The van der Waals surface area contributed by atoms with Crippen molar-refractivity contribution in [1.82, 2.24) is 0 Å². The van der Waals surface area contributed by atoms with E-state index in [9.17, 15) is 9.59 Å². The van der Waals surface area contributed by atoms with Crippen molar-refractivity contribution in [2.45, 2.75) is 43.1 Å². The van der Waals surface area contributed by atoms with Crippen LogP contribution in [0.3, 0.4) is 0 Å². The van der Waals surface area contributed by atoms with E-state index in [-0.39, 0.29) is 11.8 Å². The number of nitrogens with one attached hydrogen (secondary N) is 1. The molecule has 0 bridgehead atoms. The molecule has 10 heteroatoms. The van der Waals surface area contributed by atoms with Gasteiger partial charge in [0.1, 0.15) is 0 Å². The fraction of sp³-hybridized carbons (Fsp3) is 0.769. The molecule has 7 nitrogen and oxygen atoms in total. The van der Waals surface area contributed by atoms with Crippen molar-refractivity contribution in [2.75, 3.05) is 7.11 Å². The molecule has 0 aromatic carbocycles. The van der Waals surface area contributed by atoms with Crippen molar-refractivity contribution in [3.05, 3.63) is 0 Å². The number of alkyl halides is 3. The van der Waals surface area contributed by atoms with Crippen molar-refractivity contribution in [3.8, 4) is 0 Å². The zero-order chi connectivity index (χ0) is 17.9. The van der Waals surface area contributed by atoms with E-state index < -0.39 is 40.1 Å². The summed E-state index contributed by atoms with van der Waals surface area (Å²) in [6, 6.07) is 0. The maximum absolute atomic E-state index is 11.8. The number of rotatable bonds is 3. The second-order valence-electron chi connectivity index (χ2n) is 5.19. The highest BCUT2D eigenvalue weighted by molar-refractivity contribution is 6.76. The van der Waals surface area contributed by atoms with Crippen molar-refractivity contribution in [1.29, 1.82) is 5.41 Å². The average molecular weight is 391 g/mol. The summed E-state index contributed by atoms with van der Waals surface area (Å²) in [4.78, 5) is 23.1. The zero-order valence-corrected chi connectivity index (χ0v) is 15.2. The van der Waals surface area contributed by atoms with Crippen LogP contribution >= 0.6 is 34.8 Å². The summed E-state index contributed by atoms with van der Waals surface area (Å²) < 4.78 is 18.5. The lowest BCUT2D eigenvalue weighted by molar-refractivity contribution is -0.253. The van der Waals surface area contributed by atoms with E-state index >= 15 is 0 Å². The molecule has 0 spiro atoms. The Bertz CT molecular complexity index is 481. The van der Waals surface area contributed by atoms with E-state index in [2.05, 4.69) is 4.74 Å². The van der Waals surface area contributed by atoms with Gasteiger partial charge in [0.15, 0.2) is 12.2 Å². The normalized spacial score (nSPS) is 31.2. The fourth-order valence-electron chi connectivity index (χ4n) is 2.19. The average Bonchev–Trinajstić information content (AvgIpc) is 2.44. The Morgan fingerprint density at radius 1 is 1.13 bits per heavy atom. The highest BCUT2D eigenvalue weighted by Crippen LogP contribution is 2.36. The van der Waals surface area contributed by atoms with Crippen LogP contribution in [0.2, 0.25) is 0 Å². The van der Waals surface area contributed by atoms with E-state index in [1.54, 1.807) is 13.8 Å². The molecule has 0 radical (unpaired) electrons. The third-order valence-corrected chi connectivity index (χ3v) is 4.12. The number of hydrogen-bond donors (Lipinski definition) is 1. The summed E-state index contributed by atoms with van der Waals surface area (Å²) in [7, 11) is 1.22. The van der Waals surface area contributed by atoms with Crippen LogP contribution in [0, 0.1) is 17.2 Å².